The summed E-state index contributed by atoms with van der Waals surface area (Å²) < 4.78 is 6.48. The van der Waals surface area contributed by atoms with Gasteiger partial charge in [-0.15, -0.1) is 0 Å². The molecule has 2 nitrogen and oxygen atoms in total. The summed E-state index contributed by atoms with van der Waals surface area (Å²) in [7, 11) is 0. The van der Waals surface area contributed by atoms with Crippen LogP contribution in [0.3, 0.4) is 0 Å². The third-order valence-electron chi connectivity index (χ3n) is 5.25. The Morgan fingerprint density at radius 1 is 0.667 bits per heavy atom. The van der Waals surface area contributed by atoms with Crippen LogP contribution < -0.4 is 0 Å². The van der Waals surface area contributed by atoms with E-state index in [-0.39, 0.29) is 27.8 Å². The van der Waals surface area contributed by atoms with E-state index in [1.165, 1.54) is 0 Å². The molecule has 0 aromatic carbocycles. The van der Waals surface area contributed by atoms with E-state index in [0.717, 1.165) is 0 Å². The predicted molar refractivity (Wildman–Crippen MR) is 79.0 cm³/mol. The maximum absolute atomic E-state index is 6.48. The average Bonchev–Trinajstić information content (AvgIpc) is 1.93. The van der Waals surface area contributed by atoms with Gasteiger partial charge in [0.05, 0.1) is 11.2 Å². The molecular weight excluding hydrogens is 222 g/mol. The van der Waals surface area contributed by atoms with E-state index >= 15 is 0 Å². The first kappa shape index (κ1) is 16.0. The highest BCUT2D eigenvalue weighted by atomic mass is 16.5. The summed E-state index contributed by atoms with van der Waals surface area (Å²) in [6.45, 7) is 24.9. The maximum Gasteiger partial charge on any atom is 0.0812 e. The zero-order chi connectivity index (χ0) is 14.8. The second kappa shape index (κ2) is 3.73. The van der Waals surface area contributed by atoms with Crippen molar-refractivity contribution in [2.75, 3.05) is 0 Å². The van der Waals surface area contributed by atoms with E-state index in [2.05, 4.69) is 81.1 Å². The lowest BCUT2D eigenvalue weighted by Crippen LogP contribution is -2.80. The number of hydrogen-bond donors (Lipinski definition) is 0. The van der Waals surface area contributed by atoms with Crippen LogP contribution in [-0.2, 0) is 4.74 Å². The summed E-state index contributed by atoms with van der Waals surface area (Å²) in [5.41, 5.74) is -0.307. The maximum atomic E-state index is 6.48. The first-order valence-corrected chi connectivity index (χ1v) is 7.08. The number of nitrogens with zero attached hydrogens (tertiary/aromatic N) is 1. The molecule has 0 radical (unpaired) electrons. The topological polar surface area (TPSA) is 12.5 Å². The fourth-order valence-electron chi connectivity index (χ4n) is 3.80. The number of hydrogen-bond acceptors (Lipinski definition) is 2. The Labute approximate surface area is 114 Å². The van der Waals surface area contributed by atoms with Crippen molar-refractivity contribution in [3.63, 3.8) is 0 Å². The first-order valence-electron chi connectivity index (χ1n) is 7.08. The number of rotatable bonds is 0. The van der Waals surface area contributed by atoms with Crippen molar-refractivity contribution >= 4 is 0 Å². The average molecular weight is 255 g/mol. The molecule has 1 aliphatic rings. The van der Waals surface area contributed by atoms with Crippen molar-refractivity contribution in [1.29, 1.82) is 0 Å². The van der Waals surface area contributed by atoms with Gasteiger partial charge in [-0.1, -0.05) is 0 Å². The summed E-state index contributed by atoms with van der Waals surface area (Å²) in [4.78, 5) is 2.64. The molecule has 0 saturated carbocycles. The van der Waals surface area contributed by atoms with Gasteiger partial charge in [-0.05, 0) is 76.2 Å². The largest absolute Gasteiger partial charge is 0.366 e. The zero-order valence-corrected chi connectivity index (χ0v) is 14.4. The molecule has 18 heavy (non-hydrogen) atoms. The molecule has 0 unspecified atom stereocenters. The van der Waals surface area contributed by atoms with E-state index in [1.54, 1.807) is 0 Å². The standard InChI is InChI=1S/C16H33NO/c1-12(2,3)17-13(4,5)15(8,9)18-16(10,11)14(17,6)7/h1-11H3. The molecule has 0 amide bonds. The smallest absolute Gasteiger partial charge is 0.0812 e. The highest BCUT2D eigenvalue weighted by Crippen LogP contribution is 2.52. The van der Waals surface area contributed by atoms with Crippen LogP contribution in [0.15, 0.2) is 0 Å². The Morgan fingerprint density at radius 2 is 0.944 bits per heavy atom. The third kappa shape index (κ3) is 2.02. The molecule has 1 fully saturated rings. The van der Waals surface area contributed by atoms with E-state index in [1.807, 2.05) is 0 Å². The van der Waals surface area contributed by atoms with Crippen molar-refractivity contribution in [3.05, 3.63) is 0 Å². The van der Waals surface area contributed by atoms with E-state index in [0.29, 0.717) is 0 Å². The minimum absolute atomic E-state index is 0.0235. The Bertz CT molecular complexity index is 305. The molecule has 1 rings (SSSR count). The fourth-order valence-corrected chi connectivity index (χ4v) is 3.80. The van der Waals surface area contributed by atoms with Gasteiger partial charge in [0.15, 0.2) is 0 Å². The van der Waals surface area contributed by atoms with Gasteiger partial charge in [0.1, 0.15) is 0 Å². The van der Waals surface area contributed by atoms with Crippen molar-refractivity contribution in [1.82, 2.24) is 4.90 Å². The summed E-state index contributed by atoms with van der Waals surface area (Å²) >= 11 is 0. The van der Waals surface area contributed by atoms with Crippen molar-refractivity contribution in [2.45, 2.75) is 104 Å². The van der Waals surface area contributed by atoms with Gasteiger partial charge in [0.25, 0.3) is 0 Å². The lowest BCUT2D eigenvalue weighted by molar-refractivity contribution is -0.309. The minimum atomic E-state index is -0.181. The molecule has 1 saturated heterocycles. The highest BCUT2D eigenvalue weighted by molar-refractivity contribution is 5.15. The molecule has 0 aromatic heterocycles. The fraction of sp³-hybridized carbons (Fsp3) is 1.00. The minimum Gasteiger partial charge on any atom is -0.366 e. The van der Waals surface area contributed by atoms with Crippen LogP contribution in [0.25, 0.3) is 0 Å². The molecule has 1 heterocycles. The molecule has 0 aliphatic carbocycles. The normalized spacial score (nSPS) is 30.2. The zero-order valence-electron chi connectivity index (χ0n) is 14.4. The first-order chi connectivity index (χ1) is 7.57. The molecule has 0 bridgehead atoms. The molecule has 0 N–H and O–H groups in total. The summed E-state index contributed by atoms with van der Waals surface area (Å²) in [6.07, 6.45) is 0. The number of morpholine rings is 1. The van der Waals surface area contributed by atoms with Gasteiger partial charge in [-0.2, -0.15) is 0 Å². The van der Waals surface area contributed by atoms with E-state index < -0.39 is 0 Å². The monoisotopic (exact) mass is 255 g/mol. The van der Waals surface area contributed by atoms with Crippen LogP contribution in [-0.4, -0.2) is 32.7 Å². The van der Waals surface area contributed by atoms with Crippen LogP contribution in [0, 0.1) is 0 Å². The van der Waals surface area contributed by atoms with Crippen molar-refractivity contribution in [2.24, 2.45) is 0 Å². The van der Waals surface area contributed by atoms with Crippen LogP contribution in [0.4, 0.5) is 0 Å². The third-order valence-corrected chi connectivity index (χ3v) is 5.25. The second-order valence-corrected chi connectivity index (χ2v) is 8.75. The molecule has 1 aliphatic heterocycles. The van der Waals surface area contributed by atoms with E-state index in [9.17, 15) is 0 Å². The van der Waals surface area contributed by atoms with Crippen molar-refractivity contribution < 1.29 is 4.74 Å². The summed E-state index contributed by atoms with van der Waals surface area (Å²) in [5, 5.41) is 0. The Hall–Kier alpha value is -0.0800. The Balaban J connectivity index is 3.48. The Morgan fingerprint density at radius 3 is 1.17 bits per heavy atom. The lowest BCUT2D eigenvalue weighted by Gasteiger charge is -2.69. The molecule has 0 aromatic rings. The van der Waals surface area contributed by atoms with Gasteiger partial charge in [0, 0.05) is 16.6 Å². The van der Waals surface area contributed by atoms with Gasteiger partial charge < -0.3 is 4.74 Å². The number of ether oxygens (including phenoxy) is 1. The molecule has 2 heteroatoms. The highest BCUT2D eigenvalue weighted by Gasteiger charge is 2.62. The lowest BCUT2D eigenvalue weighted by atomic mass is 9.69. The van der Waals surface area contributed by atoms with Gasteiger partial charge >= 0.3 is 0 Å². The SMILES string of the molecule is CC(C)(C)N1C(C)(C)C(C)(C)OC(C)(C)C1(C)C. The van der Waals surface area contributed by atoms with Gasteiger partial charge in [-0.25, -0.2) is 0 Å². The van der Waals surface area contributed by atoms with Crippen LogP contribution in [0.2, 0.25) is 0 Å². The Kier molecular flexibility index (Phi) is 3.31. The van der Waals surface area contributed by atoms with Crippen LogP contribution in [0.5, 0.6) is 0 Å². The molecule has 0 spiro atoms. The second-order valence-electron chi connectivity index (χ2n) is 8.75. The van der Waals surface area contributed by atoms with Crippen molar-refractivity contribution in [3.8, 4) is 0 Å². The van der Waals surface area contributed by atoms with Gasteiger partial charge in [0.2, 0.25) is 0 Å². The molecule has 0 atom stereocenters. The summed E-state index contributed by atoms with van der Waals surface area (Å²) in [5.74, 6) is 0. The predicted octanol–water partition coefficient (Wildman–Crippen LogP) is 4.23. The van der Waals surface area contributed by atoms with Gasteiger partial charge in [-0.3, -0.25) is 4.90 Å². The van der Waals surface area contributed by atoms with Crippen LogP contribution >= 0.6 is 0 Å². The molecular formula is C16H33NO. The van der Waals surface area contributed by atoms with E-state index in [4.69, 9.17) is 4.74 Å². The molecule has 108 valence electrons. The van der Waals surface area contributed by atoms with Crippen LogP contribution in [0.1, 0.15) is 76.2 Å². The summed E-state index contributed by atoms with van der Waals surface area (Å²) in [6, 6.07) is 0. The quantitative estimate of drug-likeness (QED) is 0.642.